The molecular weight excluding hydrogens is 200 g/mol. The van der Waals surface area contributed by atoms with Gasteiger partial charge in [-0.1, -0.05) is 34.1 Å². The minimum absolute atomic E-state index is 0.257. The van der Waals surface area contributed by atoms with E-state index in [1.165, 1.54) is 6.42 Å². The van der Waals surface area contributed by atoms with E-state index in [4.69, 9.17) is 0 Å². The second-order valence-electron chi connectivity index (χ2n) is 5.44. The Morgan fingerprint density at radius 3 is 2.25 bits per heavy atom. The van der Waals surface area contributed by atoms with Crippen LogP contribution in [0.25, 0.3) is 0 Å². The molecule has 3 heteroatoms. The largest absolute Gasteiger partial charge is 0.390 e. The fraction of sp³-hybridized carbons (Fsp3) is 1.00. The first-order valence-corrected chi connectivity index (χ1v) is 6.53. The van der Waals surface area contributed by atoms with E-state index in [1.807, 2.05) is 0 Å². The standard InChI is InChI=1S/C13H30N2O/c1-6-12(4)9-15(5)10-13(16)8-14-7-11(2)3/h11-14,16H,6-10H2,1-5H3. The van der Waals surface area contributed by atoms with Crippen molar-refractivity contribution in [2.24, 2.45) is 11.8 Å². The highest BCUT2D eigenvalue weighted by Gasteiger charge is 2.10. The van der Waals surface area contributed by atoms with Crippen molar-refractivity contribution in [3.8, 4) is 0 Å². The lowest BCUT2D eigenvalue weighted by molar-refractivity contribution is 0.116. The molecule has 0 bridgehead atoms. The van der Waals surface area contributed by atoms with Gasteiger partial charge in [0.25, 0.3) is 0 Å². The van der Waals surface area contributed by atoms with Crippen molar-refractivity contribution in [2.75, 3.05) is 33.2 Å². The minimum Gasteiger partial charge on any atom is -0.390 e. The molecule has 0 aliphatic carbocycles. The summed E-state index contributed by atoms with van der Waals surface area (Å²) in [4.78, 5) is 2.22. The molecule has 3 nitrogen and oxygen atoms in total. The van der Waals surface area contributed by atoms with Crippen LogP contribution in [0.4, 0.5) is 0 Å². The molecule has 0 aromatic rings. The van der Waals surface area contributed by atoms with Gasteiger partial charge in [0.2, 0.25) is 0 Å². The van der Waals surface area contributed by atoms with Gasteiger partial charge < -0.3 is 15.3 Å². The third-order valence-corrected chi connectivity index (χ3v) is 2.78. The maximum absolute atomic E-state index is 9.81. The van der Waals surface area contributed by atoms with Crippen LogP contribution in [0.2, 0.25) is 0 Å². The van der Waals surface area contributed by atoms with Crippen molar-refractivity contribution >= 4 is 0 Å². The van der Waals surface area contributed by atoms with E-state index in [0.29, 0.717) is 18.4 Å². The van der Waals surface area contributed by atoms with E-state index in [9.17, 15) is 5.11 Å². The van der Waals surface area contributed by atoms with Gasteiger partial charge in [0.15, 0.2) is 0 Å². The number of hydrogen-bond acceptors (Lipinski definition) is 3. The molecule has 0 saturated heterocycles. The van der Waals surface area contributed by atoms with Crippen LogP contribution in [0, 0.1) is 11.8 Å². The molecule has 0 amide bonds. The molecular formula is C13H30N2O. The average molecular weight is 230 g/mol. The van der Waals surface area contributed by atoms with Gasteiger partial charge >= 0.3 is 0 Å². The van der Waals surface area contributed by atoms with Gasteiger partial charge in [0.1, 0.15) is 0 Å². The van der Waals surface area contributed by atoms with Crippen molar-refractivity contribution in [3.63, 3.8) is 0 Å². The first kappa shape index (κ1) is 15.9. The molecule has 2 atom stereocenters. The molecule has 16 heavy (non-hydrogen) atoms. The molecule has 2 unspecified atom stereocenters. The molecule has 0 radical (unpaired) electrons. The molecule has 0 aromatic carbocycles. The quantitative estimate of drug-likeness (QED) is 0.631. The fourth-order valence-electron chi connectivity index (χ4n) is 1.70. The number of nitrogens with zero attached hydrogens (tertiary/aromatic N) is 1. The summed E-state index contributed by atoms with van der Waals surface area (Å²) in [5, 5.41) is 13.1. The van der Waals surface area contributed by atoms with Crippen molar-refractivity contribution in [3.05, 3.63) is 0 Å². The Morgan fingerprint density at radius 1 is 1.12 bits per heavy atom. The molecule has 98 valence electrons. The predicted octanol–water partition coefficient (Wildman–Crippen LogP) is 1.57. The van der Waals surface area contributed by atoms with Gasteiger partial charge in [-0.25, -0.2) is 0 Å². The normalized spacial score (nSPS) is 15.8. The van der Waals surface area contributed by atoms with Crippen LogP contribution in [0.1, 0.15) is 34.1 Å². The molecule has 0 saturated carbocycles. The Hall–Kier alpha value is -0.120. The second-order valence-corrected chi connectivity index (χ2v) is 5.44. The van der Waals surface area contributed by atoms with Crippen molar-refractivity contribution < 1.29 is 5.11 Å². The number of likely N-dealkylation sites (N-methyl/N-ethyl adjacent to an activating group) is 1. The molecule has 0 rings (SSSR count). The van der Waals surface area contributed by atoms with Crippen molar-refractivity contribution in [2.45, 2.75) is 40.2 Å². The number of rotatable bonds is 9. The van der Waals surface area contributed by atoms with Gasteiger partial charge in [0.05, 0.1) is 6.10 Å². The zero-order valence-corrected chi connectivity index (χ0v) is 11.7. The first-order valence-electron chi connectivity index (χ1n) is 6.53. The van der Waals surface area contributed by atoms with Crippen LogP contribution in [-0.4, -0.2) is 49.3 Å². The predicted molar refractivity (Wildman–Crippen MR) is 70.7 cm³/mol. The molecule has 0 aromatic heterocycles. The summed E-state index contributed by atoms with van der Waals surface area (Å²) in [5.41, 5.74) is 0. The summed E-state index contributed by atoms with van der Waals surface area (Å²) in [7, 11) is 2.08. The number of nitrogens with one attached hydrogen (secondary N) is 1. The molecule has 2 N–H and O–H groups in total. The van der Waals surface area contributed by atoms with Crippen LogP contribution >= 0.6 is 0 Å². The smallest absolute Gasteiger partial charge is 0.0791 e. The molecule has 0 aliphatic heterocycles. The van der Waals surface area contributed by atoms with Crippen LogP contribution in [0.3, 0.4) is 0 Å². The zero-order valence-electron chi connectivity index (χ0n) is 11.7. The van der Waals surface area contributed by atoms with E-state index >= 15 is 0 Å². The van der Waals surface area contributed by atoms with E-state index in [1.54, 1.807) is 0 Å². The Balaban J connectivity index is 3.57. The van der Waals surface area contributed by atoms with E-state index in [-0.39, 0.29) is 6.10 Å². The highest BCUT2D eigenvalue weighted by atomic mass is 16.3. The first-order chi connectivity index (χ1) is 7.45. The SMILES string of the molecule is CCC(C)CN(C)CC(O)CNCC(C)C. The summed E-state index contributed by atoms with van der Waals surface area (Å²) < 4.78 is 0. The number of hydrogen-bond donors (Lipinski definition) is 2. The summed E-state index contributed by atoms with van der Waals surface area (Å²) >= 11 is 0. The van der Waals surface area contributed by atoms with E-state index in [0.717, 1.165) is 19.6 Å². The minimum atomic E-state index is -0.257. The highest BCUT2D eigenvalue weighted by Crippen LogP contribution is 2.02. The molecule has 0 fully saturated rings. The molecule has 0 spiro atoms. The lowest BCUT2D eigenvalue weighted by Crippen LogP contribution is -2.38. The van der Waals surface area contributed by atoms with Gasteiger partial charge in [-0.05, 0) is 25.4 Å². The third-order valence-electron chi connectivity index (χ3n) is 2.78. The van der Waals surface area contributed by atoms with Crippen molar-refractivity contribution in [1.82, 2.24) is 10.2 Å². The van der Waals surface area contributed by atoms with Crippen LogP contribution in [0.15, 0.2) is 0 Å². The second kappa shape index (κ2) is 8.97. The monoisotopic (exact) mass is 230 g/mol. The zero-order chi connectivity index (χ0) is 12.6. The van der Waals surface area contributed by atoms with Gasteiger partial charge in [-0.3, -0.25) is 0 Å². The lowest BCUT2D eigenvalue weighted by atomic mass is 10.1. The van der Waals surface area contributed by atoms with Crippen LogP contribution < -0.4 is 5.32 Å². The molecule has 0 heterocycles. The van der Waals surface area contributed by atoms with E-state index in [2.05, 4.69) is 45.0 Å². The van der Waals surface area contributed by atoms with Gasteiger partial charge in [0, 0.05) is 19.6 Å². The summed E-state index contributed by atoms with van der Waals surface area (Å²) in [6.07, 6.45) is 0.944. The Morgan fingerprint density at radius 2 is 1.75 bits per heavy atom. The summed E-state index contributed by atoms with van der Waals surface area (Å²) in [5.74, 6) is 1.35. The van der Waals surface area contributed by atoms with Crippen LogP contribution in [0.5, 0.6) is 0 Å². The Labute approximate surface area is 101 Å². The van der Waals surface area contributed by atoms with Gasteiger partial charge in [-0.2, -0.15) is 0 Å². The Kier molecular flexibility index (Phi) is 8.90. The fourth-order valence-corrected chi connectivity index (χ4v) is 1.70. The average Bonchev–Trinajstić information content (AvgIpc) is 2.16. The topological polar surface area (TPSA) is 35.5 Å². The van der Waals surface area contributed by atoms with Crippen LogP contribution in [-0.2, 0) is 0 Å². The maximum atomic E-state index is 9.81. The van der Waals surface area contributed by atoms with E-state index < -0.39 is 0 Å². The molecule has 0 aliphatic rings. The highest BCUT2D eigenvalue weighted by molar-refractivity contribution is 4.66. The Bertz CT molecular complexity index is 162. The summed E-state index contributed by atoms with van der Waals surface area (Å²) in [6, 6.07) is 0. The van der Waals surface area contributed by atoms with Gasteiger partial charge in [-0.15, -0.1) is 0 Å². The number of aliphatic hydroxyl groups excluding tert-OH is 1. The summed E-state index contributed by atoms with van der Waals surface area (Å²) in [6.45, 7) is 12.3. The number of aliphatic hydroxyl groups is 1. The third kappa shape index (κ3) is 9.13. The van der Waals surface area contributed by atoms with Crippen molar-refractivity contribution in [1.29, 1.82) is 0 Å². The lowest BCUT2D eigenvalue weighted by Gasteiger charge is -2.23. The maximum Gasteiger partial charge on any atom is 0.0791 e.